The van der Waals surface area contributed by atoms with E-state index in [1.807, 2.05) is 9.80 Å². The maximum absolute atomic E-state index is 12.8. The first-order chi connectivity index (χ1) is 13.6. The van der Waals surface area contributed by atoms with Crippen molar-refractivity contribution in [2.24, 2.45) is 0 Å². The number of amides is 2. The summed E-state index contributed by atoms with van der Waals surface area (Å²) in [4.78, 5) is 31.2. The van der Waals surface area contributed by atoms with Crippen molar-refractivity contribution < 1.29 is 19.1 Å². The molecule has 1 aromatic carbocycles. The molecule has 1 N–H and O–H groups in total. The number of ether oxygens (including phenoxy) is 2. The van der Waals surface area contributed by atoms with Gasteiger partial charge in [-0.15, -0.1) is 12.4 Å². The molecule has 3 rings (SSSR count). The predicted octanol–water partition coefficient (Wildman–Crippen LogP) is 0.705. The Bertz CT molecular complexity index is 667. The zero-order chi connectivity index (χ0) is 19.9. The van der Waals surface area contributed by atoms with Crippen LogP contribution in [0.1, 0.15) is 16.8 Å². The van der Waals surface area contributed by atoms with Crippen molar-refractivity contribution in [2.75, 3.05) is 73.1 Å². The number of rotatable bonds is 6. The van der Waals surface area contributed by atoms with E-state index in [1.54, 1.807) is 32.4 Å². The molecule has 0 radical (unpaired) electrons. The molecule has 2 saturated heterocycles. The first-order valence-corrected chi connectivity index (χ1v) is 9.84. The Kier molecular flexibility index (Phi) is 9.00. The van der Waals surface area contributed by atoms with Gasteiger partial charge in [-0.3, -0.25) is 14.5 Å². The van der Waals surface area contributed by atoms with Crippen molar-refractivity contribution in [1.82, 2.24) is 20.0 Å². The number of halogens is 1. The van der Waals surface area contributed by atoms with Gasteiger partial charge in [0.2, 0.25) is 5.91 Å². The van der Waals surface area contributed by atoms with Gasteiger partial charge in [0.1, 0.15) is 11.5 Å². The van der Waals surface area contributed by atoms with E-state index in [2.05, 4.69) is 10.2 Å². The standard InChI is InChI=1S/C20H30N4O4.ClH/c1-27-17-13-16(14-18(15-17)28-2)20(26)24-11-9-22(10-12-24)6-3-19(25)23-7-4-21-5-8-23;/h13-15,21H,3-12H2,1-2H3;1H. The number of piperazine rings is 2. The summed E-state index contributed by atoms with van der Waals surface area (Å²) in [6.45, 7) is 6.96. The van der Waals surface area contributed by atoms with Crippen LogP contribution in [-0.4, -0.2) is 99.6 Å². The second-order valence-electron chi connectivity index (χ2n) is 7.12. The molecule has 9 heteroatoms. The van der Waals surface area contributed by atoms with Crippen LogP contribution < -0.4 is 14.8 Å². The highest BCUT2D eigenvalue weighted by atomic mass is 35.5. The van der Waals surface area contributed by atoms with Crippen LogP contribution in [0.5, 0.6) is 11.5 Å². The fraction of sp³-hybridized carbons (Fsp3) is 0.600. The Morgan fingerprint density at radius 3 is 2.03 bits per heavy atom. The number of carbonyl (C=O) groups is 2. The van der Waals surface area contributed by atoms with Crippen molar-refractivity contribution in [2.45, 2.75) is 6.42 Å². The molecule has 2 aliphatic rings. The third kappa shape index (κ3) is 6.22. The lowest BCUT2D eigenvalue weighted by Gasteiger charge is -2.35. The normalized spacial score (nSPS) is 17.4. The van der Waals surface area contributed by atoms with E-state index < -0.39 is 0 Å². The van der Waals surface area contributed by atoms with Crippen LogP contribution in [-0.2, 0) is 4.79 Å². The summed E-state index contributed by atoms with van der Waals surface area (Å²) in [5.41, 5.74) is 0.568. The molecule has 0 unspecified atom stereocenters. The number of nitrogens with zero attached hydrogens (tertiary/aromatic N) is 3. The average molecular weight is 427 g/mol. The van der Waals surface area contributed by atoms with Crippen molar-refractivity contribution in [3.05, 3.63) is 23.8 Å². The Morgan fingerprint density at radius 2 is 1.48 bits per heavy atom. The zero-order valence-electron chi connectivity index (χ0n) is 17.2. The third-order valence-corrected chi connectivity index (χ3v) is 5.37. The number of nitrogens with one attached hydrogen (secondary N) is 1. The van der Waals surface area contributed by atoms with Crippen molar-refractivity contribution in [3.8, 4) is 11.5 Å². The molecule has 0 spiro atoms. The summed E-state index contributed by atoms with van der Waals surface area (Å²) in [6, 6.07) is 5.23. The minimum absolute atomic E-state index is 0. The molecule has 2 heterocycles. The van der Waals surface area contributed by atoms with Gasteiger partial charge in [-0.1, -0.05) is 0 Å². The van der Waals surface area contributed by atoms with Gasteiger partial charge < -0.3 is 24.6 Å². The summed E-state index contributed by atoms with van der Waals surface area (Å²) < 4.78 is 10.5. The summed E-state index contributed by atoms with van der Waals surface area (Å²) in [5.74, 6) is 1.41. The molecule has 2 aliphatic heterocycles. The number of carbonyl (C=O) groups excluding carboxylic acids is 2. The van der Waals surface area contributed by atoms with E-state index in [0.717, 1.165) is 45.8 Å². The fourth-order valence-corrected chi connectivity index (χ4v) is 3.61. The SMILES string of the molecule is COc1cc(OC)cc(C(=O)N2CCN(CCC(=O)N3CCNCC3)CC2)c1.Cl. The van der Waals surface area contributed by atoms with Gasteiger partial charge in [-0.05, 0) is 12.1 Å². The molecule has 0 aliphatic carbocycles. The Morgan fingerprint density at radius 1 is 0.897 bits per heavy atom. The average Bonchev–Trinajstić information content (AvgIpc) is 2.77. The molecule has 2 fully saturated rings. The van der Waals surface area contributed by atoms with Crippen molar-refractivity contribution >= 4 is 24.2 Å². The summed E-state index contributed by atoms with van der Waals surface area (Å²) in [5, 5.41) is 3.26. The highest BCUT2D eigenvalue weighted by Crippen LogP contribution is 2.23. The first-order valence-electron chi connectivity index (χ1n) is 9.84. The molecule has 29 heavy (non-hydrogen) atoms. The van der Waals surface area contributed by atoms with Gasteiger partial charge in [-0.25, -0.2) is 0 Å². The quantitative estimate of drug-likeness (QED) is 0.722. The van der Waals surface area contributed by atoms with Gasteiger partial charge in [0.25, 0.3) is 5.91 Å². The molecule has 0 aromatic heterocycles. The van der Waals surface area contributed by atoms with E-state index >= 15 is 0 Å². The molecule has 162 valence electrons. The molecular formula is C20H31ClN4O4. The predicted molar refractivity (Wildman–Crippen MR) is 113 cm³/mol. The highest BCUT2D eigenvalue weighted by Gasteiger charge is 2.24. The van der Waals surface area contributed by atoms with Gasteiger partial charge in [0.15, 0.2) is 0 Å². The molecule has 2 amide bonds. The maximum atomic E-state index is 12.8. The smallest absolute Gasteiger partial charge is 0.254 e. The topological polar surface area (TPSA) is 74.4 Å². The van der Waals surface area contributed by atoms with Crippen LogP contribution in [0, 0.1) is 0 Å². The summed E-state index contributed by atoms with van der Waals surface area (Å²) in [7, 11) is 3.15. The van der Waals surface area contributed by atoms with Gasteiger partial charge in [-0.2, -0.15) is 0 Å². The van der Waals surface area contributed by atoms with Crippen molar-refractivity contribution in [1.29, 1.82) is 0 Å². The van der Waals surface area contributed by atoms with Gasteiger partial charge in [0.05, 0.1) is 14.2 Å². The number of hydrogen-bond acceptors (Lipinski definition) is 6. The second kappa shape index (κ2) is 11.2. The van der Waals surface area contributed by atoms with Crippen LogP contribution in [0.25, 0.3) is 0 Å². The van der Waals surface area contributed by atoms with Crippen LogP contribution in [0.4, 0.5) is 0 Å². The van der Waals surface area contributed by atoms with E-state index in [9.17, 15) is 9.59 Å². The van der Waals surface area contributed by atoms with Gasteiger partial charge >= 0.3 is 0 Å². The molecule has 0 bridgehead atoms. The number of methoxy groups -OCH3 is 2. The molecule has 8 nitrogen and oxygen atoms in total. The molecule has 1 aromatic rings. The van der Waals surface area contributed by atoms with Crippen LogP contribution in [0.3, 0.4) is 0 Å². The zero-order valence-corrected chi connectivity index (χ0v) is 18.0. The van der Waals surface area contributed by atoms with Gasteiger partial charge in [0, 0.05) is 77.0 Å². The minimum Gasteiger partial charge on any atom is -0.497 e. The lowest BCUT2D eigenvalue weighted by molar-refractivity contribution is -0.132. The van der Waals surface area contributed by atoms with Crippen LogP contribution in [0.2, 0.25) is 0 Å². The van der Waals surface area contributed by atoms with E-state index in [4.69, 9.17) is 9.47 Å². The second-order valence-corrected chi connectivity index (χ2v) is 7.12. The van der Waals surface area contributed by atoms with E-state index in [1.165, 1.54) is 0 Å². The van der Waals surface area contributed by atoms with Crippen LogP contribution >= 0.6 is 12.4 Å². The monoisotopic (exact) mass is 426 g/mol. The largest absolute Gasteiger partial charge is 0.497 e. The summed E-state index contributed by atoms with van der Waals surface area (Å²) in [6.07, 6.45) is 0.543. The van der Waals surface area contributed by atoms with E-state index in [-0.39, 0.29) is 24.2 Å². The third-order valence-electron chi connectivity index (χ3n) is 5.37. The molecule has 0 atom stereocenters. The number of hydrogen-bond donors (Lipinski definition) is 1. The Labute approximate surface area is 178 Å². The van der Waals surface area contributed by atoms with Crippen LogP contribution in [0.15, 0.2) is 18.2 Å². The van der Waals surface area contributed by atoms with E-state index in [0.29, 0.717) is 36.6 Å². The highest BCUT2D eigenvalue weighted by molar-refractivity contribution is 5.95. The Hall–Kier alpha value is -2.03. The summed E-state index contributed by atoms with van der Waals surface area (Å²) >= 11 is 0. The lowest BCUT2D eigenvalue weighted by Crippen LogP contribution is -2.50. The lowest BCUT2D eigenvalue weighted by atomic mass is 10.1. The Balaban J connectivity index is 0.00000300. The minimum atomic E-state index is -0.0197. The molecule has 0 saturated carbocycles. The first kappa shape index (κ1) is 23.3. The fourth-order valence-electron chi connectivity index (χ4n) is 3.61. The molecular weight excluding hydrogens is 396 g/mol. The maximum Gasteiger partial charge on any atom is 0.254 e. The number of benzene rings is 1. The van der Waals surface area contributed by atoms with Crippen molar-refractivity contribution in [3.63, 3.8) is 0 Å².